The number of hydrogen-bond acceptors (Lipinski definition) is 2. The molecule has 0 spiro atoms. The molecule has 0 heterocycles. The van der Waals surface area contributed by atoms with E-state index in [-0.39, 0.29) is 0 Å². The molecule has 1 amide bonds. The Morgan fingerprint density at radius 1 is 1.35 bits per heavy atom. The number of thiocarbonyl (C=S) groups is 1. The van der Waals surface area contributed by atoms with Gasteiger partial charge in [-0.15, -0.1) is 0 Å². The van der Waals surface area contributed by atoms with E-state index in [9.17, 15) is 4.79 Å². The van der Waals surface area contributed by atoms with Gasteiger partial charge in [0.05, 0.1) is 0 Å². The SMILES string of the molecule is CCCCc1ccc(NC(=S)NNC=O)cc1. The van der Waals surface area contributed by atoms with Gasteiger partial charge in [0, 0.05) is 5.69 Å². The summed E-state index contributed by atoms with van der Waals surface area (Å²) in [5.74, 6) is 0. The normalized spacial score (nSPS) is 9.47. The summed E-state index contributed by atoms with van der Waals surface area (Å²) in [5.41, 5.74) is 7.03. The van der Waals surface area contributed by atoms with Gasteiger partial charge in [-0.1, -0.05) is 25.5 Å². The van der Waals surface area contributed by atoms with Crippen LogP contribution >= 0.6 is 12.2 Å². The Balaban J connectivity index is 2.44. The molecule has 0 saturated heterocycles. The van der Waals surface area contributed by atoms with Crippen LogP contribution in [0.15, 0.2) is 24.3 Å². The number of rotatable bonds is 6. The molecule has 5 heteroatoms. The Morgan fingerprint density at radius 3 is 2.65 bits per heavy atom. The van der Waals surface area contributed by atoms with Crippen molar-refractivity contribution in [3.05, 3.63) is 29.8 Å². The van der Waals surface area contributed by atoms with Gasteiger partial charge < -0.3 is 5.32 Å². The first-order chi connectivity index (χ1) is 8.26. The zero-order valence-electron chi connectivity index (χ0n) is 9.82. The van der Waals surface area contributed by atoms with Gasteiger partial charge in [0.15, 0.2) is 5.11 Å². The topological polar surface area (TPSA) is 53.2 Å². The average Bonchev–Trinajstić information content (AvgIpc) is 2.35. The Morgan fingerprint density at radius 2 is 2.06 bits per heavy atom. The van der Waals surface area contributed by atoms with E-state index in [4.69, 9.17) is 12.2 Å². The number of nitrogens with one attached hydrogen (secondary N) is 3. The molecule has 1 aromatic carbocycles. The summed E-state index contributed by atoms with van der Waals surface area (Å²) < 4.78 is 0. The average molecular weight is 251 g/mol. The molecule has 0 aliphatic heterocycles. The maximum Gasteiger partial charge on any atom is 0.225 e. The molecule has 0 unspecified atom stereocenters. The quantitative estimate of drug-likeness (QED) is 0.411. The van der Waals surface area contributed by atoms with Crippen LogP contribution in [-0.4, -0.2) is 11.5 Å². The van der Waals surface area contributed by atoms with E-state index in [1.54, 1.807) is 0 Å². The van der Waals surface area contributed by atoms with Crippen molar-refractivity contribution in [2.24, 2.45) is 0 Å². The van der Waals surface area contributed by atoms with Crippen LogP contribution in [0.25, 0.3) is 0 Å². The van der Waals surface area contributed by atoms with Gasteiger partial charge in [-0.2, -0.15) is 0 Å². The zero-order chi connectivity index (χ0) is 12.5. The lowest BCUT2D eigenvalue weighted by Crippen LogP contribution is -2.39. The highest BCUT2D eigenvalue weighted by molar-refractivity contribution is 7.80. The van der Waals surface area contributed by atoms with E-state index >= 15 is 0 Å². The molecule has 1 rings (SSSR count). The number of carbonyl (C=O) groups excluding carboxylic acids is 1. The predicted octanol–water partition coefficient (Wildman–Crippen LogP) is 1.98. The lowest BCUT2D eigenvalue weighted by atomic mass is 10.1. The molecule has 0 aromatic heterocycles. The lowest BCUT2D eigenvalue weighted by molar-refractivity contribution is -0.110. The van der Waals surface area contributed by atoms with E-state index in [0.29, 0.717) is 11.5 Å². The summed E-state index contributed by atoms with van der Waals surface area (Å²) in [7, 11) is 0. The second kappa shape index (κ2) is 7.62. The van der Waals surface area contributed by atoms with Gasteiger partial charge in [-0.25, -0.2) is 0 Å². The summed E-state index contributed by atoms with van der Waals surface area (Å²) >= 11 is 4.96. The summed E-state index contributed by atoms with van der Waals surface area (Å²) in [4.78, 5) is 10.0. The first-order valence-corrected chi connectivity index (χ1v) is 6.02. The van der Waals surface area contributed by atoms with Gasteiger partial charge in [0.25, 0.3) is 0 Å². The third-order valence-electron chi connectivity index (χ3n) is 2.28. The number of benzene rings is 1. The molecule has 3 N–H and O–H groups in total. The highest BCUT2D eigenvalue weighted by atomic mass is 32.1. The fourth-order valence-corrected chi connectivity index (χ4v) is 1.57. The summed E-state index contributed by atoms with van der Waals surface area (Å²) in [5, 5.41) is 3.32. The Hall–Kier alpha value is -1.62. The number of unbranched alkanes of at least 4 members (excludes halogenated alkanes) is 1. The molecule has 0 aliphatic carbocycles. The van der Waals surface area contributed by atoms with Crippen LogP contribution in [0.1, 0.15) is 25.3 Å². The van der Waals surface area contributed by atoms with Crippen molar-refractivity contribution in [3.63, 3.8) is 0 Å². The minimum Gasteiger partial charge on any atom is -0.331 e. The Bertz CT molecular complexity index is 365. The molecule has 0 fully saturated rings. The summed E-state index contributed by atoms with van der Waals surface area (Å²) in [6, 6.07) is 8.10. The highest BCUT2D eigenvalue weighted by Crippen LogP contribution is 2.11. The molecular weight excluding hydrogens is 234 g/mol. The van der Waals surface area contributed by atoms with E-state index in [1.807, 2.05) is 12.1 Å². The Labute approximate surface area is 107 Å². The summed E-state index contributed by atoms with van der Waals surface area (Å²) in [6.07, 6.45) is 4.04. The van der Waals surface area contributed by atoms with Crippen molar-refractivity contribution < 1.29 is 4.79 Å². The third-order valence-corrected chi connectivity index (χ3v) is 2.48. The number of amides is 1. The van der Waals surface area contributed by atoms with Gasteiger partial charge in [-0.05, 0) is 42.8 Å². The standard InChI is InChI=1S/C12H17N3OS/c1-2-3-4-10-5-7-11(8-6-10)14-12(17)15-13-9-16/h5-9H,2-4H2,1H3,(H,13,16)(H2,14,15,17). The first-order valence-electron chi connectivity index (χ1n) is 5.61. The number of anilines is 1. The minimum atomic E-state index is 0.360. The largest absolute Gasteiger partial charge is 0.331 e. The second-order valence-corrected chi connectivity index (χ2v) is 4.05. The lowest BCUT2D eigenvalue weighted by Gasteiger charge is -2.09. The van der Waals surface area contributed by atoms with Gasteiger partial charge in [0.1, 0.15) is 0 Å². The van der Waals surface area contributed by atoms with Crippen LogP contribution in [0.2, 0.25) is 0 Å². The number of carbonyl (C=O) groups is 1. The fraction of sp³-hybridized carbons (Fsp3) is 0.333. The van der Waals surface area contributed by atoms with Crippen LogP contribution in [0.3, 0.4) is 0 Å². The van der Waals surface area contributed by atoms with Crippen molar-refractivity contribution in [1.82, 2.24) is 10.9 Å². The van der Waals surface area contributed by atoms with E-state index in [2.05, 4.69) is 35.2 Å². The molecule has 0 bridgehead atoms. The first kappa shape index (κ1) is 13.4. The van der Waals surface area contributed by atoms with Gasteiger partial charge >= 0.3 is 0 Å². The second-order valence-electron chi connectivity index (χ2n) is 3.64. The van der Waals surface area contributed by atoms with Crippen molar-refractivity contribution in [1.29, 1.82) is 0 Å². The molecule has 0 aliphatic rings. The van der Waals surface area contributed by atoms with Crippen molar-refractivity contribution in [2.45, 2.75) is 26.2 Å². The van der Waals surface area contributed by atoms with Gasteiger partial charge in [-0.3, -0.25) is 15.6 Å². The van der Waals surface area contributed by atoms with Crippen molar-refractivity contribution in [3.8, 4) is 0 Å². The number of aryl methyl sites for hydroxylation is 1. The van der Waals surface area contributed by atoms with Crippen LogP contribution < -0.4 is 16.2 Å². The van der Waals surface area contributed by atoms with E-state index in [1.165, 1.54) is 18.4 Å². The fourth-order valence-electron chi connectivity index (χ4n) is 1.39. The number of hydrazine groups is 1. The maximum absolute atomic E-state index is 10.0. The maximum atomic E-state index is 10.0. The van der Waals surface area contributed by atoms with Crippen LogP contribution in [0.5, 0.6) is 0 Å². The monoisotopic (exact) mass is 251 g/mol. The molecular formula is C12H17N3OS. The van der Waals surface area contributed by atoms with Gasteiger partial charge in [0.2, 0.25) is 6.41 Å². The molecule has 0 saturated carbocycles. The molecule has 1 aromatic rings. The predicted molar refractivity (Wildman–Crippen MR) is 73.6 cm³/mol. The molecule has 4 nitrogen and oxygen atoms in total. The molecule has 92 valence electrons. The van der Waals surface area contributed by atoms with E-state index in [0.717, 1.165) is 12.1 Å². The highest BCUT2D eigenvalue weighted by Gasteiger charge is 1.97. The van der Waals surface area contributed by atoms with Crippen molar-refractivity contribution >= 4 is 29.4 Å². The van der Waals surface area contributed by atoms with Crippen LogP contribution in [-0.2, 0) is 11.2 Å². The minimum absolute atomic E-state index is 0.360. The molecule has 0 radical (unpaired) electrons. The molecule has 0 atom stereocenters. The molecule has 17 heavy (non-hydrogen) atoms. The van der Waals surface area contributed by atoms with E-state index < -0.39 is 0 Å². The smallest absolute Gasteiger partial charge is 0.225 e. The number of hydrogen-bond donors (Lipinski definition) is 3. The summed E-state index contributed by atoms with van der Waals surface area (Å²) in [6.45, 7) is 2.18. The van der Waals surface area contributed by atoms with Crippen LogP contribution in [0.4, 0.5) is 5.69 Å². The zero-order valence-corrected chi connectivity index (χ0v) is 10.6. The Kier molecular flexibility index (Phi) is 6.03. The van der Waals surface area contributed by atoms with Crippen molar-refractivity contribution in [2.75, 3.05) is 5.32 Å². The third kappa shape index (κ3) is 5.31. The van der Waals surface area contributed by atoms with Crippen LogP contribution in [0, 0.1) is 0 Å².